The number of carbonyl (C=O) groups excluding carboxylic acids is 1. The highest BCUT2D eigenvalue weighted by Crippen LogP contribution is 2.37. The number of carbonyl (C=O) groups is 1. The van der Waals surface area contributed by atoms with Gasteiger partial charge in [-0.05, 0) is 36.2 Å². The lowest BCUT2D eigenvalue weighted by Crippen LogP contribution is -2.49. The molecule has 1 aromatic carbocycles. The van der Waals surface area contributed by atoms with Crippen LogP contribution in [0.3, 0.4) is 0 Å². The van der Waals surface area contributed by atoms with Gasteiger partial charge in [0.15, 0.2) is 0 Å². The highest BCUT2D eigenvalue weighted by molar-refractivity contribution is 6.33. The predicted molar refractivity (Wildman–Crippen MR) is 142 cm³/mol. The van der Waals surface area contributed by atoms with Crippen LogP contribution in [-0.4, -0.2) is 55.0 Å². The Kier molecular flexibility index (Phi) is 7.20. The second-order valence-corrected chi connectivity index (χ2v) is 9.71. The molecule has 0 unspecified atom stereocenters. The van der Waals surface area contributed by atoms with E-state index in [1.54, 1.807) is 29.1 Å². The first kappa shape index (κ1) is 25.9. The zero-order valence-corrected chi connectivity index (χ0v) is 22.0. The van der Waals surface area contributed by atoms with Crippen LogP contribution in [0.5, 0.6) is 0 Å². The smallest absolute Gasteiger partial charge is 0.271 e. The third-order valence-electron chi connectivity index (χ3n) is 6.90. The van der Waals surface area contributed by atoms with Crippen molar-refractivity contribution in [3.05, 3.63) is 82.1 Å². The fourth-order valence-corrected chi connectivity index (χ4v) is 5.21. The number of hydrogen-bond acceptors (Lipinski definition) is 6. The van der Waals surface area contributed by atoms with Crippen molar-refractivity contribution in [2.24, 2.45) is 7.05 Å². The number of ether oxygens (including phenoxy) is 1. The van der Waals surface area contributed by atoms with E-state index >= 15 is 0 Å². The van der Waals surface area contributed by atoms with Gasteiger partial charge in [-0.15, -0.1) is 0 Å². The number of aryl methyl sites for hydroxylation is 1. The highest BCUT2D eigenvalue weighted by atomic mass is 35.5. The van der Waals surface area contributed by atoms with Gasteiger partial charge >= 0.3 is 0 Å². The van der Waals surface area contributed by atoms with E-state index in [1.165, 1.54) is 18.2 Å². The molecule has 0 saturated carbocycles. The number of nitrogens with zero attached hydrogens (tertiary/aromatic N) is 5. The average molecular weight is 539 g/mol. The number of rotatable bonds is 8. The zero-order chi connectivity index (χ0) is 27.0. The normalized spacial score (nSPS) is 15.2. The Labute approximate surface area is 224 Å². The first-order valence-corrected chi connectivity index (χ1v) is 12.5. The number of amides is 1. The van der Waals surface area contributed by atoms with Gasteiger partial charge in [-0.2, -0.15) is 5.10 Å². The Bertz CT molecular complexity index is 1500. The Hall–Kier alpha value is -3.73. The van der Waals surface area contributed by atoms with E-state index in [1.807, 2.05) is 36.9 Å². The Balaban J connectivity index is 1.51. The largest absolute Gasteiger partial charge is 0.392 e. The first-order chi connectivity index (χ1) is 18.3. The standard InChI is InChI=1S/C27H28ClFN6O3/c1-16-25(22(28)10-30-26(16)32-24-6-7-31-33(24)2)19-9-23-27(37)35(21(15-38-3)13-34(23)11-19)12-18-8-20(29)5-4-17(18)14-36/h4-11,21,36H,12-15H2,1-3H3,(H,30,32)/t21-/m1/s1. The Morgan fingerprint density at radius 2 is 2.08 bits per heavy atom. The molecule has 3 aromatic heterocycles. The molecule has 0 saturated heterocycles. The quantitative estimate of drug-likeness (QED) is 0.347. The van der Waals surface area contributed by atoms with Crippen molar-refractivity contribution < 1.29 is 19.0 Å². The summed E-state index contributed by atoms with van der Waals surface area (Å²) in [5, 5.41) is 17.7. The molecule has 5 rings (SSSR count). The molecule has 0 aliphatic carbocycles. The van der Waals surface area contributed by atoms with Crippen molar-refractivity contribution in [2.75, 3.05) is 19.0 Å². The van der Waals surface area contributed by atoms with E-state index in [2.05, 4.69) is 15.4 Å². The van der Waals surface area contributed by atoms with Crippen LogP contribution < -0.4 is 5.32 Å². The van der Waals surface area contributed by atoms with Gasteiger partial charge < -0.3 is 24.6 Å². The van der Waals surface area contributed by atoms with Gasteiger partial charge in [0.05, 0.1) is 30.5 Å². The summed E-state index contributed by atoms with van der Waals surface area (Å²) in [5.41, 5.74) is 4.00. The fraction of sp³-hybridized carbons (Fsp3) is 0.296. The van der Waals surface area contributed by atoms with E-state index in [4.69, 9.17) is 16.3 Å². The van der Waals surface area contributed by atoms with Gasteiger partial charge in [-0.1, -0.05) is 17.7 Å². The Morgan fingerprint density at radius 3 is 2.79 bits per heavy atom. The van der Waals surface area contributed by atoms with E-state index in [-0.39, 0.29) is 25.1 Å². The predicted octanol–water partition coefficient (Wildman–Crippen LogP) is 4.29. The summed E-state index contributed by atoms with van der Waals surface area (Å²) in [5.74, 6) is 0.769. The van der Waals surface area contributed by atoms with Gasteiger partial charge in [-0.25, -0.2) is 9.37 Å². The maximum Gasteiger partial charge on any atom is 0.271 e. The van der Waals surface area contributed by atoms with Crippen molar-refractivity contribution in [2.45, 2.75) is 32.7 Å². The summed E-state index contributed by atoms with van der Waals surface area (Å²) in [4.78, 5) is 19.9. The molecule has 1 atom stereocenters. The van der Waals surface area contributed by atoms with Crippen LogP contribution in [0.15, 0.2) is 48.9 Å². The molecule has 1 amide bonds. The minimum absolute atomic E-state index is 0.148. The summed E-state index contributed by atoms with van der Waals surface area (Å²) < 4.78 is 23.0. The molecule has 9 nitrogen and oxygen atoms in total. The van der Waals surface area contributed by atoms with Crippen molar-refractivity contribution in [3.8, 4) is 11.1 Å². The third-order valence-corrected chi connectivity index (χ3v) is 7.18. The zero-order valence-electron chi connectivity index (χ0n) is 21.3. The van der Waals surface area contributed by atoms with Crippen molar-refractivity contribution in [1.82, 2.24) is 24.2 Å². The fourth-order valence-electron chi connectivity index (χ4n) is 4.91. The lowest BCUT2D eigenvalue weighted by molar-refractivity contribution is 0.0386. The van der Waals surface area contributed by atoms with E-state index in [0.29, 0.717) is 40.8 Å². The van der Waals surface area contributed by atoms with Gasteiger partial charge in [0.1, 0.15) is 23.1 Å². The summed E-state index contributed by atoms with van der Waals surface area (Å²) in [6.07, 6.45) is 5.19. The van der Waals surface area contributed by atoms with Gasteiger partial charge in [0.25, 0.3) is 5.91 Å². The third kappa shape index (κ3) is 4.78. The number of methoxy groups -OCH3 is 1. The number of pyridine rings is 1. The summed E-state index contributed by atoms with van der Waals surface area (Å²) in [6.45, 7) is 2.61. The van der Waals surface area contributed by atoms with Crippen molar-refractivity contribution in [1.29, 1.82) is 0 Å². The minimum Gasteiger partial charge on any atom is -0.392 e. The number of nitrogens with one attached hydrogen (secondary N) is 1. The lowest BCUT2D eigenvalue weighted by Gasteiger charge is -2.36. The number of fused-ring (bicyclic) bond motifs is 1. The molecule has 0 spiro atoms. The molecular weight excluding hydrogens is 511 g/mol. The molecule has 0 fully saturated rings. The van der Waals surface area contributed by atoms with E-state index < -0.39 is 5.82 Å². The van der Waals surface area contributed by atoms with Crippen molar-refractivity contribution in [3.63, 3.8) is 0 Å². The van der Waals surface area contributed by atoms with Crippen LogP contribution in [0.25, 0.3) is 11.1 Å². The number of anilines is 2. The SMILES string of the molecule is COC[C@H]1Cn2cc(-c3c(Cl)cnc(Nc4ccnn4C)c3C)cc2C(=O)N1Cc1cc(F)ccc1CO. The second-order valence-electron chi connectivity index (χ2n) is 9.30. The number of aromatic nitrogens is 4. The number of aliphatic hydroxyl groups excluding tert-OH is 1. The van der Waals surface area contributed by atoms with Crippen LogP contribution in [0.1, 0.15) is 27.2 Å². The van der Waals surface area contributed by atoms with Crippen LogP contribution in [0.2, 0.25) is 5.02 Å². The first-order valence-electron chi connectivity index (χ1n) is 12.1. The molecule has 0 radical (unpaired) electrons. The Morgan fingerprint density at radius 1 is 1.26 bits per heavy atom. The van der Waals surface area contributed by atoms with Crippen LogP contribution in [-0.2, 0) is 31.5 Å². The molecule has 0 bridgehead atoms. The molecule has 1 aliphatic heterocycles. The van der Waals surface area contributed by atoms with E-state index in [9.17, 15) is 14.3 Å². The maximum atomic E-state index is 14.0. The maximum absolute atomic E-state index is 14.0. The van der Waals surface area contributed by atoms with Gasteiger partial charge in [0.2, 0.25) is 0 Å². The molecule has 4 aromatic rings. The molecule has 4 heterocycles. The van der Waals surface area contributed by atoms with E-state index in [0.717, 1.165) is 22.5 Å². The molecule has 1 aliphatic rings. The van der Waals surface area contributed by atoms with Crippen LogP contribution in [0.4, 0.5) is 16.0 Å². The van der Waals surface area contributed by atoms with Crippen molar-refractivity contribution >= 4 is 29.1 Å². The molecular formula is C27H28ClFN6O3. The molecule has 11 heteroatoms. The number of benzene rings is 1. The summed E-state index contributed by atoms with van der Waals surface area (Å²) in [6, 6.07) is 7.58. The van der Waals surface area contributed by atoms with Crippen LogP contribution >= 0.6 is 11.6 Å². The monoisotopic (exact) mass is 538 g/mol. The number of hydrogen-bond donors (Lipinski definition) is 2. The molecule has 198 valence electrons. The van der Waals surface area contributed by atoms with Gasteiger partial charge in [0, 0.05) is 62.4 Å². The topological polar surface area (TPSA) is 97.4 Å². The number of halogens is 2. The van der Waals surface area contributed by atoms with Gasteiger partial charge in [-0.3, -0.25) is 9.48 Å². The second kappa shape index (κ2) is 10.6. The molecule has 2 N–H and O–H groups in total. The summed E-state index contributed by atoms with van der Waals surface area (Å²) in [7, 11) is 3.41. The minimum atomic E-state index is -0.422. The average Bonchev–Trinajstić information content (AvgIpc) is 3.49. The molecule has 38 heavy (non-hydrogen) atoms. The highest BCUT2D eigenvalue weighted by Gasteiger charge is 2.34. The van der Waals surface area contributed by atoms with Crippen LogP contribution in [0, 0.1) is 12.7 Å². The lowest BCUT2D eigenvalue weighted by atomic mass is 10.0. The number of aliphatic hydroxyl groups is 1. The summed E-state index contributed by atoms with van der Waals surface area (Å²) >= 11 is 6.62.